The van der Waals surface area contributed by atoms with Crippen LogP contribution in [0.3, 0.4) is 0 Å². The van der Waals surface area contributed by atoms with Crippen LogP contribution in [0.5, 0.6) is 0 Å². The van der Waals surface area contributed by atoms with Gasteiger partial charge in [0.2, 0.25) is 5.96 Å². The zero-order valence-corrected chi connectivity index (χ0v) is 16.3. The van der Waals surface area contributed by atoms with E-state index >= 15 is 0 Å². The summed E-state index contributed by atoms with van der Waals surface area (Å²) >= 11 is 6.21. The van der Waals surface area contributed by atoms with Crippen LogP contribution >= 0.6 is 11.6 Å². The molecule has 0 aromatic heterocycles. The molecule has 142 valence electrons. The number of aliphatic imine (C=N–C) groups is 1. The number of guanidine groups is 1. The molecule has 0 saturated carbocycles. The summed E-state index contributed by atoms with van der Waals surface area (Å²) in [6.07, 6.45) is 2.13. The maximum atomic E-state index is 12.7. The molecule has 2 aromatic rings. The van der Waals surface area contributed by atoms with E-state index in [-0.39, 0.29) is 12.0 Å². The molecule has 1 amide bonds. The molecule has 0 unspecified atom stereocenters. The highest BCUT2D eigenvalue weighted by atomic mass is 35.5. The molecule has 6 heteroatoms. The van der Waals surface area contributed by atoms with Crippen molar-refractivity contribution in [3.63, 3.8) is 0 Å². The first kappa shape index (κ1) is 19.4. The van der Waals surface area contributed by atoms with E-state index < -0.39 is 0 Å². The van der Waals surface area contributed by atoms with Gasteiger partial charge in [-0.3, -0.25) is 10.1 Å². The van der Waals surface area contributed by atoms with Crippen LogP contribution in [0.2, 0.25) is 5.02 Å². The number of rotatable bonds is 4. The summed E-state index contributed by atoms with van der Waals surface area (Å²) < 4.78 is 5.63. The second kappa shape index (κ2) is 9.02. The number of ether oxygens (including phenoxy) is 1. The molecular formula is C21H24ClN3O2. The van der Waals surface area contributed by atoms with Crippen LogP contribution in [0.25, 0.3) is 0 Å². The lowest BCUT2D eigenvalue weighted by molar-refractivity contribution is 0.0975. The quantitative estimate of drug-likeness (QED) is 0.608. The minimum atomic E-state index is -0.211. The van der Waals surface area contributed by atoms with Crippen LogP contribution in [0.1, 0.15) is 34.3 Å². The summed E-state index contributed by atoms with van der Waals surface area (Å²) in [4.78, 5) is 17.2. The first-order valence-corrected chi connectivity index (χ1v) is 9.47. The third kappa shape index (κ3) is 5.31. The average Bonchev–Trinajstić information content (AvgIpc) is 3.17. The zero-order chi connectivity index (χ0) is 19.2. The van der Waals surface area contributed by atoms with E-state index in [1.807, 2.05) is 50.2 Å². The van der Waals surface area contributed by atoms with Crippen molar-refractivity contribution < 1.29 is 9.53 Å². The Morgan fingerprint density at radius 2 is 2.07 bits per heavy atom. The highest BCUT2D eigenvalue weighted by Gasteiger charge is 2.16. The van der Waals surface area contributed by atoms with Crippen molar-refractivity contribution in [3.8, 4) is 0 Å². The standard InChI is InChI=1S/C21H24ClN3O2/c1-14-6-3-7-16(12-14)20(26)25-21(23-13-17-8-5-11-27-17)24-19-10-4-9-18(22)15(19)2/h3-4,6-7,9-10,12,17H,5,8,11,13H2,1-2H3,(H2,23,24,25,26)/t17-/m0/s1. The third-order valence-corrected chi connectivity index (χ3v) is 4.92. The number of benzene rings is 2. The summed E-state index contributed by atoms with van der Waals surface area (Å²) in [5, 5.41) is 6.74. The van der Waals surface area contributed by atoms with Gasteiger partial charge in [-0.2, -0.15) is 0 Å². The van der Waals surface area contributed by atoms with E-state index in [2.05, 4.69) is 15.6 Å². The number of carbonyl (C=O) groups is 1. The van der Waals surface area contributed by atoms with Crippen LogP contribution < -0.4 is 10.6 Å². The van der Waals surface area contributed by atoms with Crippen LogP contribution in [0.15, 0.2) is 47.5 Å². The van der Waals surface area contributed by atoms with Crippen LogP contribution in [0, 0.1) is 13.8 Å². The van der Waals surface area contributed by atoms with Crippen molar-refractivity contribution in [2.45, 2.75) is 32.8 Å². The summed E-state index contributed by atoms with van der Waals surface area (Å²) in [5.74, 6) is 0.180. The Hall–Kier alpha value is -2.37. The van der Waals surface area contributed by atoms with E-state index in [4.69, 9.17) is 16.3 Å². The smallest absolute Gasteiger partial charge is 0.257 e. The SMILES string of the molecule is Cc1cccc(C(=O)NC(=NC[C@@H]2CCCO2)Nc2cccc(Cl)c2C)c1. The molecular weight excluding hydrogens is 362 g/mol. The van der Waals surface area contributed by atoms with E-state index in [0.717, 1.165) is 36.3 Å². The largest absolute Gasteiger partial charge is 0.376 e. The Kier molecular flexibility index (Phi) is 6.48. The maximum absolute atomic E-state index is 12.7. The average molecular weight is 386 g/mol. The number of halogens is 1. The second-order valence-corrected chi connectivity index (χ2v) is 7.09. The Bertz CT molecular complexity index is 845. The molecule has 0 bridgehead atoms. The second-order valence-electron chi connectivity index (χ2n) is 6.69. The molecule has 1 atom stereocenters. The van der Waals surface area contributed by atoms with Crippen molar-refractivity contribution in [1.29, 1.82) is 0 Å². The number of nitrogens with zero attached hydrogens (tertiary/aromatic N) is 1. The molecule has 2 aromatic carbocycles. The van der Waals surface area contributed by atoms with Gasteiger partial charge in [-0.15, -0.1) is 0 Å². The van der Waals surface area contributed by atoms with Gasteiger partial charge in [-0.05, 0) is 56.5 Å². The number of amides is 1. The fourth-order valence-corrected chi connectivity index (χ4v) is 3.10. The highest BCUT2D eigenvalue weighted by Crippen LogP contribution is 2.23. The van der Waals surface area contributed by atoms with Crippen molar-refractivity contribution >= 4 is 29.2 Å². The van der Waals surface area contributed by atoms with Gasteiger partial charge >= 0.3 is 0 Å². The molecule has 0 radical (unpaired) electrons. The fourth-order valence-electron chi connectivity index (χ4n) is 2.93. The van der Waals surface area contributed by atoms with Gasteiger partial charge in [0.25, 0.3) is 5.91 Å². The molecule has 1 fully saturated rings. The summed E-state index contributed by atoms with van der Waals surface area (Å²) in [6, 6.07) is 13.0. The van der Waals surface area contributed by atoms with Gasteiger partial charge in [-0.1, -0.05) is 35.4 Å². The molecule has 0 aliphatic carbocycles. The lowest BCUT2D eigenvalue weighted by Gasteiger charge is -2.15. The molecule has 1 aliphatic rings. The van der Waals surface area contributed by atoms with Crippen molar-refractivity contribution in [2.75, 3.05) is 18.5 Å². The van der Waals surface area contributed by atoms with Crippen LogP contribution in [0.4, 0.5) is 5.69 Å². The number of hydrogen-bond acceptors (Lipinski definition) is 3. The minimum Gasteiger partial charge on any atom is -0.376 e. The van der Waals surface area contributed by atoms with E-state index in [1.165, 1.54) is 0 Å². The van der Waals surface area contributed by atoms with Crippen LogP contribution in [-0.4, -0.2) is 31.1 Å². The summed E-state index contributed by atoms with van der Waals surface area (Å²) in [5.41, 5.74) is 3.32. The number of hydrogen-bond donors (Lipinski definition) is 2. The van der Waals surface area contributed by atoms with Crippen molar-refractivity contribution in [3.05, 3.63) is 64.2 Å². The van der Waals surface area contributed by atoms with Gasteiger partial charge in [-0.25, -0.2) is 4.99 Å². The number of anilines is 1. The minimum absolute atomic E-state index is 0.0955. The number of aryl methyl sites for hydroxylation is 1. The Balaban J connectivity index is 1.79. The van der Waals surface area contributed by atoms with Gasteiger partial charge in [0, 0.05) is 22.9 Å². The number of nitrogens with one attached hydrogen (secondary N) is 2. The summed E-state index contributed by atoms with van der Waals surface area (Å²) in [6.45, 7) is 5.14. The molecule has 5 nitrogen and oxygen atoms in total. The zero-order valence-electron chi connectivity index (χ0n) is 15.6. The molecule has 27 heavy (non-hydrogen) atoms. The number of carbonyl (C=O) groups excluding carboxylic acids is 1. The molecule has 0 spiro atoms. The van der Waals surface area contributed by atoms with Crippen molar-refractivity contribution in [1.82, 2.24) is 5.32 Å². The van der Waals surface area contributed by atoms with E-state index in [0.29, 0.717) is 23.1 Å². The Morgan fingerprint density at radius 3 is 2.81 bits per heavy atom. The van der Waals surface area contributed by atoms with E-state index in [1.54, 1.807) is 6.07 Å². The highest BCUT2D eigenvalue weighted by molar-refractivity contribution is 6.31. The van der Waals surface area contributed by atoms with Crippen LogP contribution in [-0.2, 0) is 4.74 Å². The van der Waals surface area contributed by atoms with Gasteiger partial charge < -0.3 is 10.1 Å². The van der Waals surface area contributed by atoms with E-state index in [9.17, 15) is 4.79 Å². The first-order chi connectivity index (χ1) is 13.0. The molecule has 2 N–H and O–H groups in total. The molecule has 1 saturated heterocycles. The monoisotopic (exact) mass is 385 g/mol. The predicted octanol–water partition coefficient (Wildman–Crippen LogP) is 4.33. The maximum Gasteiger partial charge on any atom is 0.257 e. The third-order valence-electron chi connectivity index (χ3n) is 4.51. The molecule has 1 heterocycles. The van der Waals surface area contributed by atoms with Gasteiger partial charge in [0.05, 0.1) is 12.6 Å². The topological polar surface area (TPSA) is 62.7 Å². The lowest BCUT2D eigenvalue weighted by Crippen LogP contribution is -2.37. The fraction of sp³-hybridized carbons (Fsp3) is 0.333. The normalized spacial score (nSPS) is 17.0. The predicted molar refractivity (Wildman–Crippen MR) is 110 cm³/mol. The van der Waals surface area contributed by atoms with Crippen molar-refractivity contribution in [2.24, 2.45) is 4.99 Å². The Labute approximate surface area is 164 Å². The Morgan fingerprint density at radius 1 is 1.26 bits per heavy atom. The molecule has 3 rings (SSSR count). The molecule has 1 aliphatic heterocycles. The van der Waals surface area contributed by atoms with Gasteiger partial charge in [0.1, 0.15) is 0 Å². The first-order valence-electron chi connectivity index (χ1n) is 9.09. The van der Waals surface area contributed by atoms with Gasteiger partial charge in [0.15, 0.2) is 0 Å². The lowest BCUT2D eigenvalue weighted by atomic mass is 10.1. The summed E-state index contributed by atoms with van der Waals surface area (Å²) in [7, 11) is 0.